The average Bonchev–Trinajstić information content (AvgIpc) is 2.32. The number of hydrogen-bond donors (Lipinski definition) is 2. The Bertz CT molecular complexity index is 534. The van der Waals surface area contributed by atoms with E-state index in [2.05, 4.69) is 6.58 Å². The second-order valence-electron chi connectivity index (χ2n) is 3.66. The summed E-state index contributed by atoms with van der Waals surface area (Å²) in [7, 11) is 0. The first-order valence-corrected chi connectivity index (χ1v) is 5.17. The number of nitro benzene ring substituents is 1. The van der Waals surface area contributed by atoms with Crippen LogP contribution in [0.3, 0.4) is 0 Å². The van der Waals surface area contributed by atoms with Crippen LogP contribution < -0.4 is 11.1 Å². The Morgan fingerprint density at radius 3 is 2.74 bits per heavy atom. The van der Waals surface area contributed by atoms with Crippen molar-refractivity contribution in [1.29, 1.82) is 0 Å². The highest BCUT2D eigenvalue weighted by molar-refractivity contribution is 5.96. The number of anilines is 1. The normalized spacial score (nSPS) is 11.7. The summed E-state index contributed by atoms with van der Waals surface area (Å²) >= 11 is 0. The van der Waals surface area contributed by atoms with Crippen molar-refractivity contribution in [2.45, 2.75) is 12.5 Å². The van der Waals surface area contributed by atoms with Crippen LogP contribution in [0.1, 0.15) is 6.42 Å². The lowest BCUT2D eigenvalue weighted by molar-refractivity contribution is -0.384. The van der Waals surface area contributed by atoms with E-state index >= 15 is 0 Å². The average molecular weight is 271 g/mol. The molecule has 1 unspecified atom stereocenters. The van der Waals surface area contributed by atoms with Crippen LogP contribution in [-0.2, 0) is 4.79 Å². The first-order chi connectivity index (χ1) is 8.86. The Kier molecular flexibility index (Phi) is 4.65. The molecule has 0 aliphatic carbocycles. The third-order valence-corrected chi connectivity index (χ3v) is 2.24. The van der Waals surface area contributed by atoms with Crippen molar-refractivity contribution in [3.05, 3.63) is 46.5 Å². The van der Waals surface area contributed by atoms with Gasteiger partial charge in [0.25, 0.3) is 5.69 Å². The topological polar surface area (TPSA) is 98.3 Å². The summed E-state index contributed by atoms with van der Waals surface area (Å²) in [5, 5.41) is 12.7. The number of benzene rings is 1. The molecule has 1 amide bonds. The molecule has 8 heteroatoms. The van der Waals surface area contributed by atoms with Crippen molar-refractivity contribution in [3.63, 3.8) is 0 Å². The van der Waals surface area contributed by atoms with Gasteiger partial charge in [-0.3, -0.25) is 14.9 Å². The first kappa shape index (κ1) is 14.7. The summed E-state index contributed by atoms with van der Waals surface area (Å²) in [6.45, 7) is 3.37. The van der Waals surface area contributed by atoms with Gasteiger partial charge in [-0.1, -0.05) is 6.08 Å². The zero-order valence-corrected chi connectivity index (χ0v) is 9.73. The number of hydrogen-bond acceptors (Lipinski definition) is 4. The fourth-order valence-electron chi connectivity index (χ4n) is 1.33. The molecule has 0 fully saturated rings. The number of rotatable bonds is 5. The predicted molar refractivity (Wildman–Crippen MR) is 64.4 cm³/mol. The van der Waals surface area contributed by atoms with Crippen LogP contribution in [0.25, 0.3) is 0 Å². The van der Waals surface area contributed by atoms with E-state index in [9.17, 15) is 23.7 Å². The van der Waals surface area contributed by atoms with Gasteiger partial charge in [-0.05, 0) is 6.42 Å². The summed E-state index contributed by atoms with van der Waals surface area (Å²) in [5.41, 5.74) is 3.84. The van der Waals surface area contributed by atoms with E-state index in [1.807, 2.05) is 5.32 Å². The molecule has 0 spiro atoms. The van der Waals surface area contributed by atoms with Crippen LogP contribution >= 0.6 is 0 Å². The van der Waals surface area contributed by atoms with E-state index in [1.165, 1.54) is 6.08 Å². The molecule has 0 aliphatic rings. The minimum atomic E-state index is -1.24. The van der Waals surface area contributed by atoms with Gasteiger partial charge in [-0.2, -0.15) is 0 Å². The molecular formula is C11H11F2N3O3. The van der Waals surface area contributed by atoms with Gasteiger partial charge in [-0.25, -0.2) is 8.78 Å². The Morgan fingerprint density at radius 1 is 1.58 bits per heavy atom. The number of amides is 1. The standard InChI is InChI=1S/C11H11F2N3O3/c1-2-3-8(14)11(17)15-10-7(13)4-6(12)5-9(10)16(18)19/h2,4-5,8H,1,3,14H2,(H,15,17). The molecule has 6 nitrogen and oxygen atoms in total. The van der Waals surface area contributed by atoms with E-state index in [4.69, 9.17) is 5.73 Å². The third-order valence-electron chi connectivity index (χ3n) is 2.24. The van der Waals surface area contributed by atoms with Crippen molar-refractivity contribution in [3.8, 4) is 0 Å². The smallest absolute Gasteiger partial charge is 0.298 e. The van der Waals surface area contributed by atoms with Crippen LogP contribution in [0.15, 0.2) is 24.8 Å². The fourth-order valence-corrected chi connectivity index (χ4v) is 1.33. The molecule has 3 N–H and O–H groups in total. The molecule has 0 heterocycles. The number of nitrogens with one attached hydrogen (secondary N) is 1. The van der Waals surface area contributed by atoms with Gasteiger partial charge < -0.3 is 11.1 Å². The van der Waals surface area contributed by atoms with Gasteiger partial charge >= 0.3 is 0 Å². The van der Waals surface area contributed by atoms with E-state index in [0.29, 0.717) is 12.1 Å². The Balaban J connectivity index is 3.10. The second kappa shape index (κ2) is 6.01. The molecule has 0 aliphatic heterocycles. The van der Waals surface area contributed by atoms with Gasteiger partial charge in [-0.15, -0.1) is 6.58 Å². The van der Waals surface area contributed by atoms with Gasteiger partial charge in [0.2, 0.25) is 5.91 Å². The lowest BCUT2D eigenvalue weighted by Crippen LogP contribution is -2.35. The molecule has 102 valence electrons. The van der Waals surface area contributed by atoms with Crippen molar-refractivity contribution in [2.75, 3.05) is 5.32 Å². The maximum absolute atomic E-state index is 13.5. The first-order valence-electron chi connectivity index (χ1n) is 5.17. The number of nitro groups is 1. The van der Waals surface area contributed by atoms with Crippen LogP contribution in [0.2, 0.25) is 0 Å². The fraction of sp³-hybridized carbons (Fsp3) is 0.182. The number of carbonyl (C=O) groups excluding carboxylic acids is 1. The van der Waals surface area contributed by atoms with Crippen molar-refractivity contribution >= 4 is 17.3 Å². The number of carbonyl (C=O) groups is 1. The van der Waals surface area contributed by atoms with Gasteiger partial charge in [0, 0.05) is 6.07 Å². The highest BCUT2D eigenvalue weighted by Crippen LogP contribution is 2.28. The Morgan fingerprint density at radius 2 is 2.21 bits per heavy atom. The lowest BCUT2D eigenvalue weighted by Gasteiger charge is -2.11. The van der Waals surface area contributed by atoms with Crippen molar-refractivity contribution < 1.29 is 18.5 Å². The highest BCUT2D eigenvalue weighted by atomic mass is 19.1. The summed E-state index contributed by atoms with van der Waals surface area (Å²) in [4.78, 5) is 21.2. The zero-order chi connectivity index (χ0) is 14.6. The monoisotopic (exact) mass is 271 g/mol. The zero-order valence-electron chi connectivity index (χ0n) is 9.73. The van der Waals surface area contributed by atoms with Crippen LogP contribution in [-0.4, -0.2) is 16.9 Å². The molecule has 0 saturated carbocycles. The largest absolute Gasteiger partial charge is 0.320 e. The minimum absolute atomic E-state index is 0.114. The van der Waals surface area contributed by atoms with Gasteiger partial charge in [0.15, 0.2) is 11.5 Å². The molecule has 0 radical (unpaired) electrons. The summed E-state index contributed by atoms with van der Waals surface area (Å²) in [5.74, 6) is -3.18. The molecule has 0 saturated heterocycles. The minimum Gasteiger partial charge on any atom is -0.320 e. The number of halogens is 2. The van der Waals surface area contributed by atoms with E-state index < -0.39 is 39.9 Å². The SMILES string of the molecule is C=CCC(N)C(=O)Nc1c(F)cc(F)cc1[N+](=O)[O-]. The summed E-state index contributed by atoms with van der Waals surface area (Å²) in [6, 6.07) is -0.0825. The molecule has 1 aromatic rings. The molecule has 1 rings (SSSR count). The van der Waals surface area contributed by atoms with Gasteiger partial charge in [0.05, 0.1) is 17.0 Å². The molecule has 0 bridgehead atoms. The molecule has 1 atom stereocenters. The Labute approximate surface area is 107 Å². The quantitative estimate of drug-likeness (QED) is 0.484. The van der Waals surface area contributed by atoms with Crippen LogP contribution in [0, 0.1) is 21.7 Å². The van der Waals surface area contributed by atoms with Crippen molar-refractivity contribution in [1.82, 2.24) is 0 Å². The van der Waals surface area contributed by atoms with E-state index in [0.717, 1.165) is 0 Å². The predicted octanol–water partition coefficient (Wildman–Crippen LogP) is 1.71. The summed E-state index contributed by atoms with van der Waals surface area (Å²) < 4.78 is 26.4. The Hall–Kier alpha value is -2.35. The number of nitrogens with two attached hydrogens (primary N) is 1. The highest BCUT2D eigenvalue weighted by Gasteiger charge is 2.24. The maximum Gasteiger partial charge on any atom is 0.298 e. The van der Waals surface area contributed by atoms with Crippen LogP contribution in [0.4, 0.5) is 20.2 Å². The molecule has 19 heavy (non-hydrogen) atoms. The van der Waals surface area contributed by atoms with E-state index in [-0.39, 0.29) is 6.42 Å². The lowest BCUT2D eigenvalue weighted by atomic mass is 10.2. The number of nitrogens with zero attached hydrogens (tertiary/aromatic N) is 1. The molecular weight excluding hydrogens is 260 g/mol. The van der Waals surface area contributed by atoms with Crippen molar-refractivity contribution in [2.24, 2.45) is 5.73 Å². The second-order valence-corrected chi connectivity index (χ2v) is 3.66. The third kappa shape index (κ3) is 3.55. The van der Waals surface area contributed by atoms with E-state index in [1.54, 1.807) is 0 Å². The molecule has 0 aromatic heterocycles. The van der Waals surface area contributed by atoms with Gasteiger partial charge in [0.1, 0.15) is 5.82 Å². The molecule has 1 aromatic carbocycles. The maximum atomic E-state index is 13.5. The summed E-state index contributed by atoms with van der Waals surface area (Å²) in [6.07, 6.45) is 1.49. The van der Waals surface area contributed by atoms with Crippen LogP contribution in [0.5, 0.6) is 0 Å².